The zero-order chi connectivity index (χ0) is 15.7. The minimum Gasteiger partial charge on any atom is -0.317 e. The van der Waals surface area contributed by atoms with Crippen LogP contribution in [-0.4, -0.2) is 5.91 Å². The second kappa shape index (κ2) is 5.69. The topological polar surface area (TPSA) is 29.1 Å². The Hall–Kier alpha value is -2.15. The van der Waals surface area contributed by atoms with E-state index in [1.165, 1.54) is 0 Å². The predicted molar refractivity (Wildman–Crippen MR) is 65.6 cm³/mol. The Bertz CT molecular complexity index is 709. The molecular formula is C13H5ClF5NO. The third-order valence-electron chi connectivity index (χ3n) is 2.52. The number of benzene rings is 2. The molecule has 8 heteroatoms. The van der Waals surface area contributed by atoms with Crippen molar-refractivity contribution in [2.45, 2.75) is 0 Å². The average molecular weight is 322 g/mol. The van der Waals surface area contributed by atoms with Gasteiger partial charge in [0.1, 0.15) is 11.5 Å². The molecule has 0 spiro atoms. The highest BCUT2D eigenvalue weighted by molar-refractivity contribution is 6.31. The quantitative estimate of drug-likeness (QED) is 0.649. The maximum absolute atomic E-state index is 13.4. The molecule has 0 fully saturated rings. The zero-order valence-electron chi connectivity index (χ0n) is 9.99. The van der Waals surface area contributed by atoms with Crippen molar-refractivity contribution in [3.63, 3.8) is 0 Å². The summed E-state index contributed by atoms with van der Waals surface area (Å²) in [6.07, 6.45) is 0. The highest BCUT2D eigenvalue weighted by atomic mass is 35.5. The number of carbonyl (C=O) groups is 1. The van der Waals surface area contributed by atoms with Gasteiger partial charge in [0.15, 0.2) is 23.3 Å². The molecule has 0 aromatic heterocycles. The van der Waals surface area contributed by atoms with Crippen molar-refractivity contribution in [3.05, 3.63) is 63.9 Å². The SMILES string of the molecule is O=C(Nc1c(F)c(F)cc(F)c1F)c1cc(Cl)ccc1F. The van der Waals surface area contributed by atoms with E-state index in [4.69, 9.17) is 11.6 Å². The van der Waals surface area contributed by atoms with Crippen LogP contribution in [0.1, 0.15) is 10.4 Å². The minimum absolute atomic E-state index is 0.00656. The number of hydrogen-bond acceptors (Lipinski definition) is 1. The molecule has 0 atom stereocenters. The molecule has 0 heterocycles. The van der Waals surface area contributed by atoms with Crippen LogP contribution in [0.4, 0.5) is 27.6 Å². The predicted octanol–water partition coefficient (Wildman–Crippen LogP) is 4.29. The summed E-state index contributed by atoms with van der Waals surface area (Å²) in [5, 5.41) is 1.57. The Balaban J connectivity index is 2.43. The van der Waals surface area contributed by atoms with Gasteiger partial charge < -0.3 is 5.32 Å². The third kappa shape index (κ3) is 2.97. The fourth-order valence-electron chi connectivity index (χ4n) is 1.54. The molecule has 1 N–H and O–H groups in total. The van der Waals surface area contributed by atoms with Crippen molar-refractivity contribution in [2.24, 2.45) is 0 Å². The number of nitrogens with one attached hydrogen (secondary N) is 1. The van der Waals surface area contributed by atoms with Crippen molar-refractivity contribution in [3.8, 4) is 0 Å². The second-order valence-electron chi connectivity index (χ2n) is 3.92. The zero-order valence-corrected chi connectivity index (χ0v) is 10.7. The van der Waals surface area contributed by atoms with Gasteiger partial charge in [0.2, 0.25) is 0 Å². The molecule has 0 saturated carbocycles. The van der Waals surface area contributed by atoms with E-state index < -0.39 is 46.2 Å². The van der Waals surface area contributed by atoms with Crippen LogP contribution in [0.3, 0.4) is 0 Å². The van der Waals surface area contributed by atoms with Crippen molar-refractivity contribution >= 4 is 23.2 Å². The Morgan fingerprint density at radius 2 is 1.48 bits per heavy atom. The molecule has 21 heavy (non-hydrogen) atoms. The van der Waals surface area contributed by atoms with E-state index in [0.717, 1.165) is 18.2 Å². The molecule has 2 nitrogen and oxygen atoms in total. The molecular weight excluding hydrogens is 317 g/mol. The summed E-state index contributed by atoms with van der Waals surface area (Å²) in [4.78, 5) is 11.7. The molecule has 1 amide bonds. The maximum atomic E-state index is 13.4. The first kappa shape index (κ1) is 15.2. The standard InChI is InChI=1S/C13H5ClF5NO/c14-5-1-2-7(15)6(3-5)13(21)20-12-10(18)8(16)4-9(17)11(12)19/h1-4H,(H,20,21). The summed E-state index contributed by atoms with van der Waals surface area (Å²) in [6.45, 7) is 0. The third-order valence-corrected chi connectivity index (χ3v) is 2.76. The van der Waals surface area contributed by atoms with Crippen molar-refractivity contribution in [2.75, 3.05) is 5.32 Å². The number of amides is 1. The molecule has 2 aromatic carbocycles. The van der Waals surface area contributed by atoms with E-state index >= 15 is 0 Å². The van der Waals surface area contributed by atoms with E-state index in [0.29, 0.717) is 0 Å². The average Bonchev–Trinajstić information content (AvgIpc) is 2.43. The number of halogens is 6. The molecule has 110 valence electrons. The van der Waals surface area contributed by atoms with Gasteiger partial charge in [-0.3, -0.25) is 4.79 Å². The lowest BCUT2D eigenvalue weighted by Crippen LogP contribution is -2.17. The highest BCUT2D eigenvalue weighted by Crippen LogP contribution is 2.25. The molecule has 0 unspecified atom stereocenters. The van der Waals surface area contributed by atoms with E-state index in [2.05, 4.69) is 0 Å². The van der Waals surface area contributed by atoms with Crippen LogP contribution < -0.4 is 5.32 Å². The largest absolute Gasteiger partial charge is 0.317 e. The molecule has 2 aromatic rings. The van der Waals surface area contributed by atoms with Gasteiger partial charge in [-0.05, 0) is 18.2 Å². The van der Waals surface area contributed by atoms with Crippen LogP contribution in [0.15, 0.2) is 24.3 Å². The molecule has 2 rings (SSSR count). The monoisotopic (exact) mass is 321 g/mol. The highest BCUT2D eigenvalue weighted by Gasteiger charge is 2.22. The maximum Gasteiger partial charge on any atom is 0.258 e. The van der Waals surface area contributed by atoms with E-state index in [1.807, 2.05) is 0 Å². The molecule has 0 aliphatic rings. The van der Waals surface area contributed by atoms with Gasteiger partial charge in [-0.2, -0.15) is 0 Å². The second-order valence-corrected chi connectivity index (χ2v) is 4.36. The van der Waals surface area contributed by atoms with Crippen LogP contribution in [0.25, 0.3) is 0 Å². The Kier molecular flexibility index (Phi) is 4.13. The Morgan fingerprint density at radius 1 is 0.905 bits per heavy atom. The van der Waals surface area contributed by atoms with Gasteiger partial charge in [0, 0.05) is 11.1 Å². The first-order valence-electron chi connectivity index (χ1n) is 5.40. The lowest BCUT2D eigenvalue weighted by molar-refractivity contribution is 0.102. The van der Waals surface area contributed by atoms with Crippen molar-refractivity contribution in [1.29, 1.82) is 0 Å². The summed E-state index contributed by atoms with van der Waals surface area (Å²) < 4.78 is 66.2. The van der Waals surface area contributed by atoms with Gasteiger partial charge >= 0.3 is 0 Å². The molecule has 0 saturated heterocycles. The van der Waals surface area contributed by atoms with E-state index in [-0.39, 0.29) is 11.1 Å². The smallest absolute Gasteiger partial charge is 0.258 e. The fourth-order valence-corrected chi connectivity index (χ4v) is 1.71. The summed E-state index contributed by atoms with van der Waals surface area (Å²) in [6, 6.07) is 2.89. The summed E-state index contributed by atoms with van der Waals surface area (Å²) in [7, 11) is 0. The normalized spacial score (nSPS) is 10.6. The summed E-state index contributed by atoms with van der Waals surface area (Å²) >= 11 is 5.56. The lowest BCUT2D eigenvalue weighted by atomic mass is 10.2. The molecule has 0 bridgehead atoms. The van der Waals surface area contributed by atoms with Gasteiger partial charge in [-0.15, -0.1) is 0 Å². The number of hydrogen-bond donors (Lipinski definition) is 1. The molecule has 0 radical (unpaired) electrons. The fraction of sp³-hybridized carbons (Fsp3) is 0. The molecule has 0 aliphatic carbocycles. The van der Waals surface area contributed by atoms with Crippen LogP contribution in [0.2, 0.25) is 5.02 Å². The van der Waals surface area contributed by atoms with Crippen LogP contribution in [0, 0.1) is 29.1 Å². The molecule has 0 aliphatic heterocycles. The van der Waals surface area contributed by atoms with Crippen LogP contribution in [-0.2, 0) is 0 Å². The number of rotatable bonds is 2. The Labute approximate surface area is 120 Å². The number of anilines is 1. The van der Waals surface area contributed by atoms with Gasteiger partial charge in [0.05, 0.1) is 5.56 Å². The van der Waals surface area contributed by atoms with E-state index in [9.17, 15) is 26.7 Å². The summed E-state index contributed by atoms with van der Waals surface area (Å²) in [5.74, 6) is -9.33. The van der Waals surface area contributed by atoms with Gasteiger partial charge in [0.25, 0.3) is 5.91 Å². The minimum atomic E-state index is -1.80. The van der Waals surface area contributed by atoms with Crippen molar-refractivity contribution in [1.82, 2.24) is 0 Å². The Morgan fingerprint density at radius 3 is 2.05 bits per heavy atom. The summed E-state index contributed by atoms with van der Waals surface area (Å²) in [5.41, 5.74) is -1.98. The van der Waals surface area contributed by atoms with Crippen molar-refractivity contribution < 1.29 is 26.7 Å². The number of carbonyl (C=O) groups excluding carboxylic acids is 1. The first-order chi connectivity index (χ1) is 9.81. The van der Waals surface area contributed by atoms with Gasteiger partial charge in [-0.25, -0.2) is 22.0 Å². The lowest BCUT2D eigenvalue weighted by Gasteiger charge is -2.09. The van der Waals surface area contributed by atoms with Crippen LogP contribution in [0.5, 0.6) is 0 Å². The van der Waals surface area contributed by atoms with Gasteiger partial charge in [-0.1, -0.05) is 11.6 Å². The first-order valence-corrected chi connectivity index (χ1v) is 5.78. The van der Waals surface area contributed by atoms with E-state index in [1.54, 1.807) is 5.32 Å². The van der Waals surface area contributed by atoms with Crippen LogP contribution >= 0.6 is 11.6 Å².